The van der Waals surface area contributed by atoms with Crippen molar-refractivity contribution in [1.29, 1.82) is 0 Å². The normalized spacial score (nSPS) is 11.9. The smallest absolute Gasteiger partial charge is 0.275 e. The second-order valence-corrected chi connectivity index (χ2v) is 6.67. The number of aromatic amines is 1. The summed E-state index contributed by atoms with van der Waals surface area (Å²) in [6, 6.07) is 16.1. The molecule has 2 aromatic carbocycles. The van der Waals surface area contributed by atoms with Crippen molar-refractivity contribution in [2.45, 2.75) is 26.2 Å². The van der Waals surface area contributed by atoms with E-state index >= 15 is 0 Å². The molecular weight excluding hydrogens is 324 g/mol. The summed E-state index contributed by atoms with van der Waals surface area (Å²) in [5.74, 6) is 0. The lowest BCUT2D eigenvalue weighted by Crippen LogP contribution is -2.12. The molecule has 5 rings (SSSR count). The summed E-state index contributed by atoms with van der Waals surface area (Å²) in [6.07, 6.45) is 3.01. The van der Waals surface area contributed by atoms with Crippen molar-refractivity contribution >= 4 is 38.1 Å². The molecule has 0 spiro atoms. The Morgan fingerprint density at radius 3 is 2.50 bits per heavy atom. The summed E-state index contributed by atoms with van der Waals surface area (Å²) in [7, 11) is 0. The van der Waals surface area contributed by atoms with E-state index in [1.165, 1.54) is 0 Å². The van der Waals surface area contributed by atoms with Crippen LogP contribution in [0, 0.1) is 0 Å². The number of aryl methyl sites for hydroxylation is 1. The van der Waals surface area contributed by atoms with Crippen LogP contribution in [0.4, 0.5) is 0 Å². The molecule has 3 aromatic heterocycles. The van der Waals surface area contributed by atoms with Crippen molar-refractivity contribution < 1.29 is 0 Å². The number of aromatic nitrogens is 4. The number of nitrogens with zero attached hydrogens (tertiary/aromatic N) is 3. The predicted octanol–water partition coefficient (Wildman–Crippen LogP) is 4.22. The van der Waals surface area contributed by atoms with E-state index in [1.54, 1.807) is 4.52 Å². The molecule has 0 radical (unpaired) electrons. The van der Waals surface area contributed by atoms with Crippen molar-refractivity contribution in [3.63, 3.8) is 0 Å². The third kappa shape index (κ3) is 2.00. The number of H-pyrrole nitrogens is 1. The highest BCUT2D eigenvalue weighted by Gasteiger charge is 2.18. The van der Waals surface area contributed by atoms with Crippen LogP contribution < -0.4 is 5.56 Å². The third-order valence-corrected chi connectivity index (χ3v) is 5.07. The molecular formula is C21H18N4O. The van der Waals surface area contributed by atoms with Gasteiger partial charge in [-0.1, -0.05) is 61.0 Å². The molecule has 0 bridgehead atoms. The molecule has 0 saturated heterocycles. The first kappa shape index (κ1) is 15.1. The van der Waals surface area contributed by atoms with E-state index < -0.39 is 0 Å². The van der Waals surface area contributed by atoms with Crippen molar-refractivity contribution in [2.24, 2.45) is 0 Å². The number of unbranched alkanes of at least 4 members (excludes halogenated alkanes) is 1. The quantitative estimate of drug-likeness (QED) is 0.499. The van der Waals surface area contributed by atoms with Gasteiger partial charge in [0, 0.05) is 21.7 Å². The van der Waals surface area contributed by atoms with Crippen LogP contribution >= 0.6 is 0 Å². The molecule has 26 heavy (non-hydrogen) atoms. The number of pyridine rings is 2. The maximum atomic E-state index is 12.9. The van der Waals surface area contributed by atoms with Crippen LogP contribution in [-0.2, 0) is 6.42 Å². The van der Waals surface area contributed by atoms with Crippen LogP contribution in [0.25, 0.3) is 38.1 Å². The van der Waals surface area contributed by atoms with Gasteiger partial charge in [0.2, 0.25) is 0 Å². The van der Waals surface area contributed by atoms with E-state index in [1.807, 2.05) is 36.4 Å². The summed E-state index contributed by atoms with van der Waals surface area (Å²) < 4.78 is 1.73. The van der Waals surface area contributed by atoms with E-state index in [9.17, 15) is 4.79 Å². The standard InChI is InChI=1S/C21H18N4O/c1-2-3-11-17-19-14-9-5-4-8-13(14)18-15-10-6-7-12-16(15)22-21(26)20(18)25(19)24-23-17/h4-10,12H,2-3,11H2,1H3,(H,22,26). The number of hydrogen-bond acceptors (Lipinski definition) is 3. The number of nitrogens with one attached hydrogen (secondary N) is 1. The van der Waals surface area contributed by atoms with Crippen molar-refractivity contribution in [2.75, 3.05) is 0 Å². The zero-order chi connectivity index (χ0) is 17.7. The van der Waals surface area contributed by atoms with Gasteiger partial charge in [-0.15, -0.1) is 5.10 Å². The minimum Gasteiger partial charge on any atom is -0.320 e. The molecule has 5 aromatic rings. The van der Waals surface area contributed by atoms with Gasteiger partial charge in [-0.2, -0.15) is 0 Å². The fourth-order valence-corrected chi connectivity index (χ4v) is 3.87. The van der Waals surface area contributed by atoms with Crippen LogP contribution in [0.1, 0.15) is 25.5 Å². The first-order valence-electron chi connectivity index (χ1n) is 8.99. The highest BCUT2D eigenvalue weighted by Crippen LogP contribution is 2.33. The van der Waals surface area contributed by atoms with Crippen LogP contribution in [-0.4, -0.2) is 19.8 Å². The number of hydrogen-bond donors (Lipinski definition) is 1. The molecule has 0 aliphatic heterocycles. The molecule has 3 heterocycles. The van der Waals surface area contributed by atoms with Gasteiger partial charge in [0.1, 0.15) is 5.52 Å². The van der Waals surface area contributed by atoms with Gasteiger partial charge in [0.15, 0.2) is 0 Å². The van der Waals surface area contributed by atoms with Crippen molar-refractivity contribution in [1.82, 2.24) is 19.8 Å². The monoisotopic (exact) mass is 342 g/mol. The Hall–Kier alpha value is -3.21. The Labute approximate surface area is 149 Å². The van der Waals surface area contributed by atoms with Gasteiger partial charge < -0.3 is 4.98 Å². The Kier molecular flexibility index (Phi) is 3.28. The fourth-order valence-electron chi connectivity index (χ4n) is 3.87. The second-order valence-electron chi connectivity index (χ2n) is 6.67. The molecule has 5 nitrogen and oxygen atoms in total. The lowest BCUT2D eigenvalue weighted by atomic mass is 10.0. The van der Waals surface area contributed by atoms with Crippen molar-refractivity contribution in [3.8, 4) is 0 Å². The average molecular weight is 342 g/mol. The number of fused-ring (bicyclic) bond motifs is 8. The summed E-state index contributed by atoms with van der Waals surface area (Å²) >= 11 is 0. The van der Waals surface area contributed by atoms with Gasteiger partial charge in [-0.3, -0.25) is 4.79 Å². The summed E-state index contributed by atoms with van der Waals surface area (Å²) in [5.41, 5.74) is 3.16. The van der Waals surface area contributed by atoms with Crippen LogP contribution in [0.3, 0.4) is 0 Å². The number of rotatable bonds is 3. The zero-order valence-corrected chi connectivity index (χ0v) is 14.5. The molecule has 0 aliphatic rings. The van der Waals surface area contributed by atoms with E-state index in [4.69, 9.17) is 0 Å². The minimum absolute atomic E-state index is 0.138. The summed E-state index contributed by atoms with van der Waals surface area (Å²) in [4.78, 5) is 15.9. The summed E-state index contributed by atoms with van der Waals surface area (Å²) in [6.45, 7) is 2.16. The maximum absolute atomic E-state index is 12.9. The fraction of sp³-hybridized carbons (Fsp3) is 0.190. The first-order valence-corrected chi connectivity index (χ1v) is 8.99. The molecule has 0 unspecified atom stereocenters. The molecule has 1 N–H and O–H groups in total. The van der Waals surface area contributed by atoms with Gasteiger partial charge >= 0.3 is 0 Å². The molecule has 0 atom stereocenters. The summed E-state index contributed by atoms with van der Waals surface area (Å²) in [5, 5.41) is 12.9. The van der Waals surface area contributed by atoms with E-state index in [-0.39, 0.29) is 5.56 Å². The predicted molar refractivity (Wildman–Crippen MR) is 105 cm³/mol. The van der Waals surface area contributed by atoms with E-state index in [0.29, 0.717) is 5.52 Å². The van der Waals surface area contributed by atoms with Crippen LogP contribution in [0.5, 0.6) is 0 Å². The van der Waals surface area contributed by atoms with Crippen LogP contribution in [0.15, 0.2) is 53.3 Å². The lowest BCUT2D eigenvalue weighted by molar-refractivity contribution is 0.768. The average Bonchev–Trinajstić information content (AvgIpc) is 3.10. The Balaban J connectivity index is 2.09. The van der Waals surface area contributed by atoms with Gasteiger partial charge in [0.25, 0.3) is 5.56 Å². The number of para-hydroxylation sites is 1. The SMILES string of the molecule is CCCCc1nnn2c1c1ccccc1c1c3ccccc3[nH]c(=O)c12. The topological polar surface area (TPSA) is 63.1 Å². The molecule has 0 fully saturated rings. The molecule has 128 valence electrons. The Morgan fingerprint density at radius 1 is 0.962 bits per heavy atom. The van der Waals surface area contributed by atoms with Crippen molar-refractivity contribution in [3.05, 3.63) is 64.6 Å². The van der Waals surface area contributed by atoms with Gasteiger partial charge in [0.05, 0.1) is 11.2 Å². The molecule has 0 aliphatic carbocycles. The number of benzene rings is 2. The maximum Gasteiger partial charge on any atom is 0.275 e. The second kappa shape index (κ2) is 5.66. The lowest BCUT2D eigenvalue weighted by Gasteiger charge is -2.10. The molecule has 0 amide bonds. The largest absolute Gasteiger partial charge is 0.320 e. The highest BCUT2D eigenvalue weighted by molar-refractivity contribution is 6.21. The Morgan fingerprint density at radius 2 is 1.69 bits per heavy atom. The highest BCUT2D eigenvalue weighted by atomic mass is 16.1. The van der Waals surface area contributed by atoms with E-state index in [2.05, 4.69) is 34.4 Å². The first-order chi connectivity index (χ1) is 12.8. The Bertz CT molecular complexity index is 1350. The van der Waals surface area contributed by atoms with Gasteiger partial charge in [-0.25, -0.2) is 4.52 Å². The van der Waals surface area contributed by atoms with E-state index in [0.717, 1.165) is 57.5 Å². The zero-order valence-electron chi connectivity index (χ0n) is 14.5. The molecule has 0 saturated carbocycles. The molecule has 5 heteroatoms. The van der Waals surface area contributed by atoms with Crippen LogP contribution in [0.2, 0.25) is 0 Å². The minimum atomic E-state index is -0.138. The third-order valence-electron chi connectivity index (χ3n) is 5.07. The van der Waals surface area contributed by atoms with Gasteiger partial charge in [-0.05, 0) is 24.3 Å².